The minimum atomic E-state index is -0.0944. The summed E-state index contributed by atoms with van der Waals surface area (Å²) in [6, 6.07) is 31.7. The van der Waals surface area contributed by atoms with Gasteiger partial charge in [-0.2, -0.15) is 4.58 Å². The van der Waals surface area contributed by atoms with Crippen molar-refractivity contribution in [1.29, 1.82) is 0 Å². The summed E-state index contributed by atoms with van der Waals surface area (Å²) in [6.07, 6.45) is 18.0. The van der Waals surface area contributed by atoms with Crippen molar-refractivity contribution in [2.24, 2.45) is 5.92 Å². The quantitative estimate of drug-likeness (QED) is 0.253. The molecular weight excluding hydrogens is 460 g/mol. The molecule has 2 nitrogen and oxygen atoms in total. The second-order valence-corrected chi connectivity index (χ2v) is 11.8. The molecule has 0 amide bonds. The van der Waals surface area contributed by atoms with Crippen molar-refractivity contribution < 1.29 is 4.58 Å². The molecule has 0 N–H and O–H groups in total. The summed E-state index contributed by atoms with van der Waals surface area (Å²) in [5, 5.41) is 0. The molecule has 2 heteroatoms. The van der Waals surface area contributed by atoms with Crippen LogP contribution in [-0.2, 0) is 18.3 Å². The fourth-order valence-electron chi connectivity index (χ4n) is 7.36. The highest BCUT2D eigenvalue weighted by atomic mass is 15.1. The van der Waals surface area contributed by atoms with E-state index in [0.29, 0.717) is 0 Å². The SMILES string of the molecule is C(=C\N1CCCC1)/C1=[N+](CCCC2CCCC2)c2ccccc2C1(Cc1ccccc1)Cc1ccccc1. The molecular formula is C36H43N2+. The van der Waals surface area contributed by atoms with E-state index in [2.05, 4.69) is 107 Å². The van der Waals surface area contributed by atoms with Gasteiger partial charge < -0.3 is 4.90 Å². The summed E-state index contributed by atoms with van der Waals surface area (Å²) >= 11 is 0. The van der Waals surface area contributed by atoms with Crippen LogP contribution in [0.25, 0.3) is 0 Å². The van der Waals surface area contributed by atoms with Gasteiger partial charge in [-0.15, -0.1) is 0 Å². The molecule has 2 heterocycles. The molecule has 3 aromatic carbocycles. The molecule has 3 aliphatic rings. The Morgan fingerprint density at radius 3 is 2.00 bits per heavy atom. The predicted octanol–water partition coefficient (Wildman–Crippen LogP) is 8.09. The van der Waals surface area contributed by atoms with Gasteiger partial charge in [0.1, 0.15) is 6.54 Å². The lowest BCUT2D eigenvalue weighted by Gasteiger charge is -2.28. The van der Waals surface area contributed by atoms with Gasteiger partial charge in [-0.05, 0) is 49.1 Å². The van der Waals surface area contributed by atoms with Crippen molar-refractivity contribution in [3.05, 3.63) is 114 Å². The fourth-order valence-corrected chi connectivity index (χ4v) is 7.36. The summed E-state index contributed by atoms with van der Waals surface area (Å²) in [5.41, 5.74) is 7.14. The summed E-state index contributed by atoms with van der Waals surface area (Å²) < 4.78 is 2.71. The van der Waals surface area contributed by atoms with Crippen molar-refractivity contribution in [2.45, 2.75) is 69.6 Å². The van der Waals surface area contributed by atoms with Crippen molar-refractivity contribution in [2.75, 3.05) is 19.6 Å². The number of fused-ring (bicyclic) bond motifs is 1. The van der Waals surface area contributed by atoms with E-state index in [1.165, 1.54) is 92.5 Å². The molecule has 196 valence electrons. The van der Waals surface area contributed by atoms with E-state index in [9.17, 15) is 0 Å². The molecule has 1 saturated heterocycles. The highest BCUT2D eigenvalue weighted by Crippen LogP contribution is 2.45. The van der Waals surface area contributed by atoms with Gasteiger partial charge in [0.05, 0.1) is 5.41 Å². The third kappa shape index (κ3) is 5.37. The number of nitrogens with zero attached hydrogens (tertiary/aromatic N) is 2. The van der Waals surface area contributed by atoms with Crippen LogP contribution in [-0.4, -0.2) is 34.8 Å². The number of rotatable bonds is 10. The lowest BCUT2D eigenvalue weighted by atomic mass is 9.69. The Morgan fingerprint density at radius 1 is 0.737 bits per heavy atom. The summed E-state index contributed by atoms with van der Waals surface area (Å²) in [6.45, 7) is 3.48. The Hall–Kier alpha value is -3.13. The molecule has 0 bridgehead atoms. The first-order chi connectivity index (χ1) is 18.8. The maximum absolute atomic E-state index is 2.71. The van der Waals surface area contributed by atoms with Crippen LogP contribution in [0.3, 0.4) is 0 Å². The minimum absolute atomic E-state index is 0.0944. The largest absolute Gasteiger partial charge is 0.377 e. The highest BCUT2D eigenvalue weighted by Gasteiger charge is 2.51. The van der Waals surface area contributed by atoms with Crippen molar-refractivity contribution >= 4 is 11.4 Å². The first-order valence-electron chi connectivity index (χ1n) is 15.1. The van der Waals surface area contributed by atoms with Crippen LogP contribution in [0.4, 0.5) is 5.69 Å². The van der Waals surface area contributed by atoms with Gasteiger partial charge in [-0.3, -0.25) is 0 Å². The Labute approximate surface area is 229 Å². The normalized spacial score (nSPS) is 19.1. The summed E-state index contributed by atoms with van der Waals surface area (Å²) in [7, 11) is 0. The average molecular weight is 504 g/mol. The first-order valence-corrected chi connectivity index (χ1v) is 15.1. The first kappa shape index (κ1) is 25.2. The Bertz CT molecular complexity index is 1200. The van der Waals surface area contributed by atoms with Gasteiger partial charge in [-0.1, -0.05) is 105 Å². The van der Waals surface area contributed by atoms with Gasteiger partial charge in [-0.25, -0.2) is 0 Å². The summed E-state index contributed by atoms with van der Waals surface area (Å²) in [4.78, 5) is 2.53. The third-order valence-corrected chi connectivity index (χ3v) is 9.24. The molecule has 2 aliphatic heterocycles. The van der Waals surface area contributed by atoms with Gasteiger partial charge in [0.25, 0.3) is 0 Å². The standard InChI is InChI=1S/C36H43N2/c1-3-16-31(17-4-1)28-36(29-32-18-5-2-6-19-32)33-21-9-10-22-34(33)38(26-13-20-30-14-7-8-15-30)35(36)23-27-37-24-11-12-25-37/h1-6,9-10,16-19,21-23,27,30H,7-8,11-15,20,24-26,28-29H2/q+1. The van der Waals surface area contributed by atoms with Gasteiger partial charge in [0, 0.05) is 43.4 Å². The molecule has 38 heavy (non-hydrogen) atoms. The third-order valence-electron chi connectivity index (χ3n) is 9.24. The van der Waals surface area contributed by atoms with Gasteiger partial charge in [0.15, 0.2) is 5.71 Å². The highest BCUT2D eigenvalue weighted by molar-refractivity contribution is 6.04. The molecule has 2 fully saturated rings. The zero-order chi connectivity index (χ0) is 25.6. The maximum atomic E-state index is 2.71. The maximum Gasteiger partial charge on any atom is 0.209 e. The van der Waals surface area contributed by atoms with Crippen LogP contribution in [0.1, 0.15) is 68.1 Å². The molecule has 0 aromatic heterocycles. The van der Waals surface area contributed by atoms with Gasteiger partial charge in [0.2, 0.25) is 5.69 Å². The monoisotopic (exact) mass is 503 g/mol. The zero-order valence-electron chi connectivity index (χ0n) is 22.9. The number of likely N-dealkylation sites (tertiary alicyclic amines) is 1. The number of hydrogen-bond acceptors (Lipinski definition) is 1. The van der Waals surface area contributed by atoms with Crippen LogP contribution in [0.5, 0.6) is 0 Å². The zero-order valence-corrected chi connectivity index (χ0v) is 22.9. The predicted molar refractivity (Wildman–Crippen MR) is 159 cm³/mol. The van der Waals surface area contributed by atoms with E-state index in [-0.39, 0.29) is 5.41 Å². The molecule has 6 rings (SSSR count). The molecule has 0 spiro atoms. The van der Waals surface area contributed by atoms with Crippen LogP contribution < -0.4 is 0 Å². The fraction of sp³-hybridized carbons (Fsp3) is 0.417. The molecule has 0 unspecified atom stereocenters. The Kier molecular flexibility index (Phi) is 7.76. The van der Waals surface area contributed by atoms with E-state index >= 15 is 0 Å². The topological polar surface area (TPSA) is 6.25 Å². The van der Waals surface area contributed by atoms with E-state index in [0.717, 1.165) is 25.3 Å². The van der Waals surface area contributed by atoms with Crippen molar-refractivity contribution in [3.8, 4) is 0 Å². The second kappa shape index (κ2) is 11.7. The van der Waals surface area contributed by atoms with Crippen LogP contribution >= 0.6 is 0 Å². The smallest absolute Gasteiger partial charge is 0.209 e. The van der Waals surface area contributed by atoms with E-state index in [1.807, 2.05) is 0 Å². The Balaban J connectivity index is 1.45. The second-order valence-electron chi connectivity index (χ2n) is 11.8. The number of hydrogen-bond donors (Lipinski definition) is 0. The van der Waals surface area contributed by atoms with Crippen LogP contribution in [0, 0.1) is 5.92 Å². The lowest BCUT2D eigenvalue weighted by Crippen LogP contribution is -2.39. The molecule has 1 aliphatic carbocycles. The number of para-hydroxylation sites is 1. The summed E-state index contributed by atoms with van der Waals surface area (Å²) in [5.74, 6) is 0.940. The average Bonchev–Trinajstić information content (AvgIpc) is 3.71. The molecule has 3 aromatic rings. The molecule has 0 radical (unpaired) electrons. The minimum Gasteiger partial charge on any atom is -0.377 e. The van der Waals surface area contributed by atoms with Gasteiger partial charge >= 0.3 is 0 Å². The number of benzene rings is 3. The van der Waals surface area contributed by atoms with Crippen molar-refractivity contribution in [3.63, 3.8) is 0 Å². The number of allylic oxidation sites excluding steroid dienone is 1. The van der Waals surface area contributed by atoms with Crippen LogP contribution in [0.2, 0.25) is 0 Å². The lowest BCUT2D eigenvalue weighted by molar-refractivity contribution is -0.438. The van der Waals surface area contributed by atoms with Crippen LogP contribution in [0.15, 0.2) is 97.2 Å². The van der Waals surface area contributed by atoms with E-state index in [1.54, 1.807) is 0 Å². The van der Waals surface area contributed by atoms with Crippen molar-refractivity contribution in [1.82, 2.24) is 4.90 Å². The van der Waals surface area contributed by atoms with E-state index in [4.69, 9.17) is 0 Å². The molecule has 1 saturated carbocycles. The van der Waals surface area contributed by atoms with E-state index < -0.39 is 0 Å². The Morgan fingerprint density at radius 2 is 1.34 bits per heavy atom. The molecule has 0 atom stereocenters.